The number of hydrogen-bond donors (Lipinski definition) is 2. The van der Waals surface area contributed by atoms with Crippen LogP contribution in [0.1, 0.15) is 37.3 Å². The van der Waals surface area contributed by atoms with E-state index in [1.807, 2.05) is 10.9 Å². The number of aromatic nitrogens is 2. The number of nitrogens with two attached hydrogens (primary N) is 1. The highest BCUT2D eigenvalue weighted by molar-refractivity contribution is 5.70. The first-order valence-corrected chi connectivity index (χ1v) is 5.66. The summed E-state index contributed by atoms with van der Waals surface area (Å²) in [5.74, 6) is -0.831. The van der Waals surface area contributed by atoms with E-state index >= 15 is 0 Å². The van der Waals surface area contributed by atoms with E-state index in [-0.39, 0.29) is 5.92 Å². The van der Waals surface area contributed by atoms with Crippen molar-refractivity contribution in [1.29, 1.82) is 0 Å². The van der Waals surface area contributed by atoms with Gasteiger partial charge in [0.1, 0.15) is 0 Å². The fourth-order valence-corrected chi connectivity index (χ4v) is 2.27. The fraction of sp³-hybridized carbons (Fsp3) is 0.636. The van der Waals surface area contributed by atoms with Crippen molar-refractivity contribution in [3.63, 3.8) is 0 Å². The van der Waals surface area contributed by atoms with E-state index in [0.717, 1.165) is 31.2 Å². The third kappa shape index (κ3) is 2.24. The van der Waals surface area contributed by atoms with Crippen LogP contribution >= 0.6 is 0 Å². The van der Waals surface area contributed by atoms with Gasteiger partial charge in [0.05, 0.1) is 18.2 Å². The maximum atomic E-state index is 10.8. The van der Waals surface area contributed by atoms with Crippen molar-refractivity contribution in [1.82, 2.24) is 9.78 Å². The molecule has 5 heteroatoms. The lowest BCUT2D eigenvalue weighted by atomic mass is 9.86. The highest BCUT2D eigenvalue weighted by atomic mass is 16.4. The van der Waals surface area contributed by atoms with E-state index < -0.39 is 5.97 Å². The number of carbonyl (C=O) groups is 1. The molecule has 1 aliphatic rings. The first-order valence-electron chi connectivity index (χ1n) is 5.66. The van der Waals surface area contributed by atoms with Gasteiger partial charge in [0.2, 0.25) is 0 Å². The Hall–Kier alpha value is -1.36. The number of rotatable bonds is 3. The van der Waals surface area contributed by atoms with Gasteiger partial charge < -0.3 is 10.8 Å². The van der Waals surface area contributed by atoms with E-state index in [2.05, 4.69) is 5.10 Å². The van der Waals surface area contributed by atoms with Crippen LogP contribution in [0.5, 0.6) is 0 Å². The van der Waals surface area contributed by atoms with Crippen LogP contribution < -0.4 is 5.73 Å². The minimum Gasteiger partial charge on any atom is -0.481 e. The molecule has 0 bridgehead atoms. The maximum Gasteiger partial charge on any atom is 0.306 e. The Morgan fingerprint density at radius 3 is 2.69 bits per heavy atom. The molecule has 0 amide bonds. The van der Waals surface area contributed by atoms with Crippen LogP contribution in [0.25, 0.3) is 0 Å². The highest BCUT2D eigenvalue weighted by Gasteiger charge is 2.26. The Morgan fingerprint density at radius 2 is 2.19 bits per heavy atom. The van der Waals surface area contributed by atoms with Crippen LogP contribution in [-0.4, -0.2) is 20.9 Å². The molecule has 1 aromatic rings. The predicted octanol–water partition coefficient (Wildman–Crippen LogP) is 1.16. The molecule has 0 spiro atoms. The molecule has 1 saturated carbocycles. The zero-order valence-electron chi connectivity index (χ0n) is 9.17. The van der Waals surface area contributed by atoms with Gasteiger partial charge in [-0.3, -0.25) is 9.48 Å². The minimum absolute atomic E-state index is 0.166. The second kappa shape index (κ2) is 4.65. The Labute approximate surface area is 94.2 Å². The molecule has 0 aliphatic heterocycles. The van der Waals surface area contributed by atoms with Gasteiger partial charge in [-0.2, -0.15) is 5.10 Å². The number of aliphatic carboxylic acids is 1. The third-order valence-corrected chi connectivity index (χ3v) is 3.31. The second-order valence-corrected chi connectivity index (χ2v) is 4.38. The summed E-state index contributed by atoms with van der Waals surface area (Å²) in [5, 5.41) is 13.2. The van der Waals surface area contributed by atoms with Crippen LogP contribution in [-0.2, 0) is 11.3 Å². The summed E-state index contributed by atoms with van der Waals surface area (Å²) in [7, 11) is 0. The molecule has 1 aliphatic carbocycles. The normalized spacial score (nSPS) is 25.6. The number of carboxylic acid groups (broad SMARTS) is 1. The highest BCUT2D eigenvalue weighted by Crippen LogP contribution is 2.31. The summed E-state index contributed by atoms with van der Waals surface area (Å²) >= 11 is 0. The van der Waals surface area contributed by atoms with Crippen LogP contribution in [0.4, 0.5) is 0 Å². The van der Waals surface area contributed by atoms with Gasteiger partial charge in [0.25, 0.3) is 0 Å². The lowest BCUT2D eigenvalue weighted by molar-refractivity contribution is -0.143. The number of hydrogen-bond acceptors (Lipinski definition) is 3. The molecule has 0 radical (unpaired) electrons. The molecule has 0 unspecified atom stereocenters. The summed E-state index contributed by atoms with van der Waals surface area (Å²) in [6.07, 6.45) is 7.02. The SMILES string of the molecule is NCc1cnn(C2CCC(C(=O)O)CC2)c1. The summed E-state index contributed by atoms with van der Waals surface area (Å²) in [4.78, 5) is 10.8. The van der Waals surface area contributed by atoms with Crippen molar-refractivity contribution in [2.75, 3.05) is 0 Å². The molecule has 3 N–H and O–H groups in total. The number of carboxylic acids is 1. The molecule has 1 aromatic heterocycles. The third-order valence-electron chi connectivity index (χ3n) is 3.31. The molecule has 2 rings (SSSR count). The molecule has 1 heterocycles. The lowest BCUT2D eigenvalue weighted by Crippen LogP contribution is -2.23. The number of nitrogens with zero attached hydrogens (tertiary/aromatic N) is 2. The van der Waals surface area contributed by atoms with Gasteiger partial charge >= 0.3 is 5.97 Å². The van der Waals surface area contributed by atoms with Gasteiger partial charge in [0.15, 0.2) is 0 Å². The largest absolute Gasteiger partial charge is 0.481 e. The lowest BCUT2D eigenvalue weighted by Gasteiger charge is -2.26. The van der Waals surface area contributed by atoms with Crippen LogP contribution in [0, 0.1) is 5.92 Å². The molecular formula is C11H17N3O2. The van der Waals surface area contributed by atoms with Crippen molar-refractivity contribution in [3.05, 3.63) is 18.0 Å². The Bertz CT molecular complexity index is 367. The predicted molar refractivity (Wildman–Crippen MR) is 58.7 cm³/mol. The van der Waals surface area contributed by atoms with Crippen molar-refractivity contribution in [2.45, 2.75) is 38.3 Å². The van der Waals surface area contributed by atoms with Gasteiger partial charge in [-0.25, -0.2) is 0 Å². The van der Waals surface area contributed by atoms with E-state index in [4.69, 9.17) is 10.8 Å². The molecule has 0 aromatic carbocycles. The standard InChI is InChI=1S/C11H17N3O2/c12-5-8-6-13-14(7-8)10-3-1-9(2-4-10)11(15)16/h6-7,9-10H,1-5,12H2,(H,15,16). The summed E-state index contributed by atoms with van der Waals surface area (Å²) in [6.45, 7) is 0.504. The van der Waals surface area contributed by atoms with E-state index in [1.165, 1.54) is 0 Å². The molecule has 0 saturated heterocycles. The van der Waals surface area contributed by atoms with Crippen LogP contribution in [0.15, 0.2) is 12.4 Å². The molecular weight excluding hydrogens is 206 g/mol. The van der Waals surface area contributed by atoms with Gasteiger partial charge in [-0.1, -0.05) is 0 Å². The summed E-state index contributed by atoms with van der Waals surface area (Å²) < 4.78 is 1.93. The first kappa shape index (κ1) is 11.1. The van der Waals surface area contributed by atoms with Gasteiger partial charge in [-0.15, -0.1) is 0 Å². The summed E-state index contributed by atoms with van der Waals surface area (Å²) in [5.41, 5.74) is 6.55. The second-order valence-electron chi connectivity index (χ2n) is 4.38. The first-order chi connectivity index (χ1) is 7.70. The topological polar surface area (TPSA) is 81.1 Å². The fourth-order valence-electron chi connectivity index (χ4n) is 2.27. The summed E-state index contributed by atoms with van der Waals surface area (Å²) in [6, 6.07) is 0.343. The van der Waals surface area contributed by atoms with Gasteiger partial charge in [0, 0.05) is 18.3 Å². The monoisotopic (exact) mass is 223 g/mol. The van der Waals surface area contributed by atoms with E-state index in [0.29, 0.717) is 12.6 Å². The average molecular weight is 223 g/mol. The van der Waals surface area contributed by atoms with Crippen molar-refractivity contribution in [3.8, 4) is 0 Å². The molecule has 88 valence electrons. The Kier molecular flexibility index (Phi) is 3.24. The van der Waals surface area contributed by atoms with E-state index in [9.17, 15) is 4.79 Å². The quantitative estimate of drug-likeness (QED) is 0.805. The molecule has 1 fully saturated rings. The average Bonchev–Trinajstić information content (AvgIpc) is 2.77. The molecule has 5 nitrogen and oxygen atoms in total. The van der Waals surface area contributed by atoms with Crippen molar-refractivity contribution < 1.29 is 9.90 Å². The minimum atomic E-state index is -0.665. The van der Waals surface area contributed by atoms with Crippen LogP contribution in [0.3, 0.4) is 0 Å². The molecule has 16 heavy (non-hydrogen) atoms. The zero-order valence-corrected chi connectivity index (χ0v) is 9.17. The smallest absolute Gasteiger partial charge is 0.306 e. The van der Waals surface area contributed by atoms with Crippen molar-refractivity contribution in [2.24, 2.45) is 11.7 Å². The van der Waals surface area contributed by atoms with E-state index in [1.54, 1.807) is 6.20 Å². The van der Waals surface area contributed by atoms with Crippen molar-refractivity contribution >= 4 is 5.97 Å². The Morgan fingerprint density at radius 1 is 1.50 bits per heavy atom. The van der Waals surface area contributed by atoms with Crippen LogP contribution in [0.2, 0.25) is 0 Å². The van der Waals surface area contributed by atoms with Gasteiger partial charge in [-0.05, 0) is 25.7 Å². The molecule has 0 atom stereocenters. The zero-order chi connectivity index (χ0) is 11.5. The maximum absolute atomic E-state index is 10.8. The Balaban J connectivity index is 1.96.